The summed E-state index contributed by atoms with van der Waals surface area (Å²) in [5.74, 6) is -0.0350. The van der Waals surface area contributed by atoms with Gasteiger partial charge < -0.3 is 19.5 Å². The molecule has 1 aromatic carbocycles. The number of hydrogen-bond acceptors (Lipinski definition) is 4. The van der Waals surface area contributed by atoms with Crippen molar-refractivity contribution in [3.63, 3.8) is 0 Å². The molecule has 1 aliphatic heterocycles. The van der Waals surface area contributed by atoms with Crippen molar-refractivity contribution >= 4 is 11.8 Å². The van der Waals surface area contributed by atoms with Crippen LogP contribution in [0.5, 0.6) is 5.75 Å². The Morgan fingerprint density at radius 3 is 2.65 bits per heavy atom. The number of nitrogens with zero attached hydrogens (tertiary/aromatic N) is 2. The molecule has 1 atom stereocenters. The molecule has 0 spiro atoms. The fraction of sp³-hybridized carbons (Fsp3) is 0.458. The molecule has 0 saturated carbocycles. The van der Waals surface area contributed by atoms with Gasteiger partial charge in [-0.25, -0.2) is 0 Å². The minimum absolute atomic E-state index is 0.0133. The van der Waals surface area contributed by atoms with Crippen LogP contribution in [0.4, 0.5) is 0 Å². The average Bonchev–Trinajstić information content (AvgIpc) is 2.79. The molecule has 2 heterocycles. The number of carbonyl (C=O) groups is 2. The second-order valence-corrected chi connectivity index (χ2v) is 7.85. The van der Waals surface area contributed by atoms with E-state index in [2.05, 4.69) is 12.2 Å². The van der Waals surface area contributed by atoms with Gasteiger partial charge in [-0.1, -0.05) is 19.1 Å². The van der Waals surface area contributed by atoms with Crippen LogP contribution < -0.4 is 15.5 Å². The predicted octanol–water partition coefficient (Wildman–Crippen LogP) is 3.06. The fourth-order valence-electron chi connectivity index (χ4n) is 4.12. The lowest BCUT2D eigenvalue weighted by Gasteiger charge is -2.35. The molecule has 0 aliphatic carbocycles. The largest absolute Gasteiger partial charge is 0.497 e. The van der Waals surface area contributed by atoms with Crippen LogP contribution in [0.1, 0.15) is 65.8 Å². The van der Waals surface area contributed by atoms with Crippen molar-refractivity contribution in [1.29, 1.82) is 0 Å². The number of hydrogen-bond donors (Lipinski definition) is 1. The standard InChI is InChI=1S/C24H31N3O4/c1-4-18-10-6-7-12-27(18)24(30)21-16-26(14-17-9-8-11-19(13-17)31-3)15-20(22(21)28)23(29)25-5-2/h8-9,11,13,15-16,18H,4-7,10,12,14H2,1-3H3,(H,25,29)/t18-/m1/s1. The third kappa shape index (κ3) is 5.16. The van der Waals surface area contributed by atoms with Crippen LogP contribution in [0.25, 0.3) is 0 Å². The number of pyridine rings is 1. The number of likely N-dealkylation sites (tertiary alicyclic amines) is 1. The van der Waals surface area contributed by atoms with E-state index in [0.29, 0.717) is 19.6 Å². The molecule has 0 radical (unpaired) electrons. The van der Waals surface area contributed by atoms with Crippen molar-refractivity contribution in [3.05, 3.63) is 63.6 Å². The summed E-state index contributed by atoms with van der Waals surface area (Å²) in [4.78, 5) is 40.9. The molecule has 7 heteroatoms. The van der Waals surface area contributed by atoms with E-state index in [9.17, 15) is 14.4 Å². The van der Waals surface area contributed by atoms with Gasteiger partial charge in [-0.05, 0) is 50.3 Å². The first-order valence-corrected chi connectivity index (χ1v) is 10.9. The van der Waals surface area contributed by atoms with Gasteiger partial charge in [0.25, 0.3) is 11.8 Å². The van der Waals surface area contributed by atoms with Gasteiger partial charge >= 0.3 is 0 Å². The van der Waals surface area contributed by atoms with Gasteiger partial charge in [0.1, 0.15) is 16.9 Å². The van der Waals surface area contributed by atoms with Crippen molar-refractivity contribution < 1.29 is 14.3 Å². The molecule has 1 fully saturated rings. The first-order chi connectivity index (χ1) is 15.0. The van der Waals surface area contributed by atoms with Crippen molar-refractivity contribution in [2.24, 2.45) is 0 Å². The van der Waals surface area contributed by atoms with E-state index < -0.39 is 11.3 Å². The number of carbonyl (C=O) groups excluding carboxylic acids is 2. The van der Waals surface area contributed by atoms with Crippen LogP contribution in [-0.4, -0.2) is 47.5 Å². The Balaban J connectivity index is 2.03. The maximum absolute atomic E-state index is 13.4. The first kappa shape index (κ1) is 22.6. The second kappa shape index (κ2) is 10.3. The first-order valence-electron chi connectivity index (χ1n) is 10.9. The number of methoxy groups -OCH3 is 1. The Kier molecular flexibility index (Phi) is 7.50. The molecule has 1 saturated heterocycles. The molecule has 0 unspecified atom stereocenters. The summed E-state index contributed by atoms with van der Waals surface area (Å²) in [7, 11) is 1.60. The van der Waals surface area contributed by atoms with Crippen LogP contribution in [0, 0.1) is 0 Å². The maximum atomic E-state index is 13.4. The number of nitrogens with one attached hydrogen (secondary N) is 1. The zero-order valence-electron chi connectivity index (χ0n) is 18.5. The number of piperidine rings is 1. The van der Waals surface area contributed by atoms with Gasteiger partial charge in [0.05, 0.1) is 7.11 Å². The molecule has 7 nitrogen and oxygen atoms in total. The Morgan fingerprint density at radius 2 is 1.94 bits per heavy atom. The summed E-state index contributed by atoms with van der Waals surface area (Å²) in [5.41, 5.74) is 0.457. The summed E-state index contributed by atoms with van der Waals surface area (Å²) < 4.78 is 7.02. The topological polar surface area (TPSA) is 80.6 Å². The molecule has 0 bridgehead atoms. The number of aromatic nitrogens is 1. The van der Waals surface area contributed by atoms with Crippen molar-refractivity contribution in [1.82, 2.24) is 14.8 Å². The zero-order valence-corrected chi connectivity index (χ0v) is 18.5. The number of ether oxygens (including phenoxy) is 1. The van der Waals surface area contributed by atoms with Crippen LogP contribution >= 0.6 is 0 Å². The highest BCUT2D eigenvalue weighted by Gasteiger charge is 2.29. The minimum atomic E-state index is -0.515. The van der Waals surface area contributed by atoms with Gasteiger partial charge in [0.15, 0.2) is 0 Å². The molecule has 31 heavy (non-hydrogen) atoms. The summed E-state index contributed by atoms with van der Waals surface area (Å²) >= 11 is 0. The average molecular weight is 426 g/mol. The van der Waals surface area contributed by atoms with Gasteiger partial charge in [0, 0.05) is 38.1 Å². The fourth-order valence-corrected chi connectivity index (χ4v) is 4.12. The van der Waals surface area contributed by atoms with E-state index in [-0.39, 0.29) is 23.1 Å². The third-order valence-corrected chi connectivity index (χ3v) is 5.75. The summed E-state index contributed by atoms with van der Waals surface area (Å²) in [6.07, 6.45) is 6.90. The summed E-state index contributed by atoms with van der Waals surface area (Å²) in [5, 5.41) is 2.68. The van der Waals surface area contributed by atoms with Crippen molar-refractivity contribution in [2.45, 2.75) is 52.1 Å². The van der Waals surface area contributed by atoms with Gasteiger partial charge in [-0.2, -0.15) is 0 Å². The Morgan fingerprint density at radius 1 is 1.16 bits per heavy atom. The lowest BCUT2D eigenvalue weighted by molar-refractivity contribution is 0.0605. The molecule has 1 aliphatic rings. The van der Waals surface area contributed by atoms with Crippen LogP contribution in [-0.2, 0) is 6.54 Å². The highest BCUT2D eigenvalue weighted by atomic mass is 16.5. The van der Waals surface area contributed by atoms with E-state index in [0.717, 1.165) is 37.0 Å². The van der Waals surface area contributed by atoms with E-state index in [1.807, 2.05) is 24.3 Å². The molecular formula is C24H31N3O4. The monoisotopic (exact) mass is 425 g/mol. The normalized spacial score (nSPS) is 16.1. The highest BCUT2D eigenvalue weighted by Crippen LogP contribution is 2.21. The van der Waals surface area contributed by atoms with Crippen molar-refractivity contribution in [3.8, 4) is 5.75 Å². The molecule has 1 N–H and O–H groups in total. The van der Waals surface area contributed by atoms with E-state index in [1.54, 1.807) is 29.7 Å². The molecule has 2 amide bonds. The minimum Gasteiger partial charge on any atom is -0.497 e. The Bertz CT molecular complexity index is 999. The van der Waals surface area contributed by atoms with Crippen molar-refractivity contribution in [2.75, 3.05) is 20.2 Å². The van der Waals surface area contributed by atoms with Crippen LogP contribution in [0.3, 0.4) is 0 Å². The third-order valence-electron chi connectivity index (χ3n) is 5.75. The lowest BCUT2D eigenvalue weighted by atomic mass is 9.98. The summed E-state index contributed by atoms with van der Waals surface area (Å²) in [6, 6.07) is 7.69. The van der Waals surface area contributed by atoms with Gasteiger partial charge in [0.2, 0.25) is 5.43 Å². The molecular weight excluding hydrogens is 394 g/mol. The van der Waals surface area contributed by atoms with Gasteiger partial charge in [-0.15, -0.1) is 0 Å². The smallest absolute Gasteiger partial charge is 0.259 e. The maximum Gasteiger partial charge on any atom is 0.259 e. The second-order valence-electron chi connectivity index (χ2n) is 7.85. The molecule has 2 aromatic rings. The molecule has 3 rings (SSSR count). The zero-order chi connectivity index (χ0) is 22.4. The molecule has 1 aromatic heterocycles. The number of rotatable bonds is 7. The number of amides is 2. The van der Waals surface area contributed by atoms with E-state index in [4.69, 9.17) is 4.74 Å². The van der Waals surface area contributed by atoms with Crippen LogP contribution in [0.15, 0.2) is 41.5 Å². The highest BCUT2D eigenvalue weighted by molar-refractivity contribution is 5.99. The predicted molar refractivity (Wildman–Crippen MR) is 120 cm³/mol. The number of benzene rings is 1. The van der Waals surface area contributed by atoms with Gasteiger partial charge in [-0.3, -0.25) is 14.4 Å². The van der Waals surface area contributed by atoms with E-state index in [1.165, 1.54) is 6.20 Å². The van der Waals surface area contributed by atoms with E-state index >= 15 is 0 Å². The van der Waals surface area contributed by atoms with Crippen LogP contribution in [0.2, 0.25) is 0 Å². The SMILES string of the molecule is CCNC(=O)c1cn(Cc2cccc(OC)c2)cc(C(=O)N2CCCC[C@H]2CC)c1=O. The lowest BCUT2D eigenvalue weighted by Crippen LogP contribution is -2.45. The Labute approximate surface area is 183 Å². The summed E-state index contributed by atoms with van der Waals surface area (Å²) in [6.45, 7) is 5.29. The quantitative estimate of drug-likeness (QED) is 0.739. The molecule has 166 valence electrons. The Hall–Kier alpha value is -3.09.